The van der Waals surface area contributed by atoms with Gasteiger partial charge in [-0.3, -0.25) is 4.79 Å². The molecule has 0 spiro atoms. The molecule has 0 unspecified atom stereocenters. The van der Waals surface area contributed by atoms with E-state index in [9.17, 15) is 22.4 Å². The quantitative estimate of drug-likeness (QED) is 0.464. The Hall–Kier alpha value is -3.35. The van der Waals surface area contributed by atoms with E-state index in [1.165, 1.54) is 29.5 Å². The van der Waals surface area contributed by atoms with Gasteiger partial charge in [-0.25, -0.2) is 9.37 Å². The molecule has 4 aromatic rings. The lowest BCUT2D eigenvalue weighted by molar-refractivity contribution is -0.146. The number of nitrogens with zero attached hydrogens (tertiary/aromatic N) is 6. The summed E-state index contributed by atoms with van der Waals surface area (Å²) in [6, 6.07) is 7.28. The zero-order chi connectivity index (χ0) is 22.5. The predicted molar refractivity (Wildman–Crippen MR) is 109 cm³/mol. The van der Waals surface area contributed by atoms with Gasteiger partial charge < -0.3 is 10.2 Å². The third-order valence-corrected chi connectivity index (χ3v) is 6.22. The number of aromatic nitrogens is 5. The average molecular weight is 465 g/mol. The van der Waals surface area contributed by atoms with Crippen molar-refractivity contribution < 1.29 is 22.4 Å². The van der Waals surface area contributed by atoms with Crippen molar-refractivity contribution in [3.63, 3.8) is 0 Å². The molecule has 1 amide bonds. The summed E-state index contributed by atoms with van der Waals surface area (Å²) in [6.45, 7) is 0.899. The van der Waals surface area contributed by atoms with Crippen LogP contribution >= 0.6 is 11.3 Å². The van der Waals surface area contributed by atoms with Crippen molar-refractivity contribution in [3.8, 4) is 0 Å². The van der Waals surface area contributed by atoms with Gasteiger partial charge in [0, 0.05) is 25.1 Å². The van der Waals surface area contributed by atoms with Crippen molar-refractivity contribution >= 4 is 44.1 Å². The van der Waals surface area contributed by atoms with Crippen LogP contribution in [0.1, 0.15) is 18.7 Å². The maximum Gasteiger partial charge on any atom is 0.453 e. The lowest BCUT2D eigenvalue weighted by Gasteiger charge is -2.31. The Balaban J connectivity index is 1.25. The summed E-state index contributed by atoms with van der Waals surface area (Å²) in [5, 5.41) is 13.9. The highest BCUT2D eigenvalue weighted by molar-refractivity contribution is 7.22. The first-order chi connectivity index (χ1) is 15.3. The Morgan fingerprint density at radius 1 is 1.12 bits per heavy atom. The van der Waals surface area contributed by atoms with Crippen LogP contribution in [0.3, 0.4) is 0 Å². The molecule has 0 bridgehead atoms. The van der Waals surface area contributed by atoms with Crippen molar-refractivity contribution in [2.45, 2.75) is 19.0 Å². The molecule has 1 saturated heterocycles. The zero-order valence-corrected chi connectivity index (χ0v) is 17.1. The first kappa shape index (κ1) is 20.5. The first-order valence-corrected chi connectivity index (χ1v) is 10.5. The smallest absolute Gasteiger partial charge is 0.355 e. The third kappa shape index (κ3) is 3.83. The van der Waals surface area contributed by atoms with E-state index in [1.54, 1.807) is 12.1 Å². The van der Waals surface area contributed by atoms with Gasteiger partial charge in [0.25, 0.3) is 5.82 Å². The fraction of sp³-hybridized carbons (Fsp3) is 0.316. The van der Waals surface area contributed by atoms with Crippen LogP contribution in [0.2, 0.25) is 0 Å². The SMILES string of the molecule is O=C(Nc1nc2cc(F)ccc2s1)C1CCN(c2ccc3nnc(C(F)(F)F)n3n2)CC1. The van der Waals surface area contributed by atoms with Gasteiger partial charge in [-0.1, -0.05) is 11.3 Å². The van der Waals surface area contributed by atoms with Gasteiger partial charge in [-0.2, -0.15) is 17.7 Å². The Labute approximate surface area is 181 Å². The predicted octanol–water partition coefficient (Wildman–Crippen LogP) is 3.75. The topological polar surface area (TPSA) is 88.3 Å². The molecule has 1 aliphatic heterocycles. The molecule has 1 aromatic carbocycles. The number of carbonyl (C=O) groups is 1. The van der Waals surface area contributed by atoms with Gasteiger partial charge in [0.05, 0.1) is 10.2 Å². The number of fused-ring (bicyclic) bond motifs is 2. The molecular formula is C19H15F4N7OS. The second-order valence-corrected chi connectivity index (χ2v) is 8.40. The minimum Gasteiger partial charge on any atom is -0.355 e. The number of nitrogens with one attached hydrogen (secondary N) is 1. The molecular weight excluding hydrogens is 450 g/mol. The van der Waals surface area contributed by atoms with Crippen molar-refractivity contribution in [1.82, 2.24) is 24.8 Å². The second kappa shape index (κ2) is 7.65. The number of anilines is 2. The molecule has 13 heteroatoms. The fourth-order valence-electron chi connectivity index (χ4n) is 3.66. The number of hydrogen-bond acceptors (Lipinski definition) is 7. The number of piperidine rings is 1. The van der Waals surface area contributed by atoms with E-state index in [-0.39, 0.29) is 17.5 Å². The number of thiazole rings is 1. The Kier molecular flexibility index (Phi) is 4.92. The highest BCUT2D eigenvalue weighted by Crippen LogP contribution is 2.30. The molecule has 4 heterocycles. The van der Waals surface area contributed by atoms with Crippen molar-refractivity contribution in [2.24, 2.45) is 5.92 Å². The molecule has 1 aliphatic rings. The zero-order valence-electron chi connectivity index (χ0n) is 16.3. The van der Waals surface area contributed by atoms with Crippen molar-refractivity contribution in [1.29, 1.82) is 0 Å². The van der Waals surface area contributed by atoms with E-state index in [0.717, 1.165) is 4.70 Å². The molecule has 0 radical (unpaired) electrons. The minimum atomic E-state index is -4.66. The molecule has 0 aliphatic carbocycles. The molecule has 0 saturated carbocycles. The molecule has 5 rings (SSSR count). The standard InChI is InChI=1S/C19H15F4N7OS/c20-11-1-2-13-12(9-11)24-18(32-13)25-16(31)10-5-7-29(8-6-10)15-4-3-14-26-27-17(19(21,22)23)30(14)28-15/h1-4,9-10H,5-8H2,(H,24,25,31). The van der Waals surface area contributed by atoms with Crippen LogP contribution in [0, 0.1) is 11.7 Å². The fourth-order valence-corrected chi connectivity index (χ4v) is 4.51. The monoisotopic (exact) mass is 465 g/mol. The normalized spacial score (nSPS) is 15.6. The van der Waals surface area contributed by atoms with Crippen LogP contribution in [0.5, 0.6) is 0 Å². The van der Waals surface area contributed by atoms with Crippen LogP contribution in [0.15, 0.2) is 30.3 Å². The summed E-state index contributed by atoms with van der Waals surface area (Å²) < 4.78 is 54.0. The molecule has 3 aromatic heterocycles. The summed E-state index contributed by atoms with van der Waals surface area (Å²) in [5.41, 5.74) is 0.486. The Morgan fingerprint density at radius 3 is 2.66 bits per heavy atom. The summed E-state index contributed by atoms with van der Waals surface area (Å²) >= 11 is 1.26. The molecule has 32 heavy (non-hydrogen) atoms. The number of halogens is 4. The minimum absolute atomic E-state index is 0.00561. The van der Waals surface area contributed by atoms with Crippen molar-refractivity contribution in [2.75, 3.05) is 23.3 Å². The maximum absolute atomic E-state index is 13.3. The van der Waals surface area contributed by atoms with Crippen molar-refractivity contribution in [3.05, 3.63) is 42.0 Å². The highest BCUT2D eigenvalue weighted by Gasteiger charge is 2.38. The van der Waals surface area contributed by atoms with E-state index in [0.29, 0.717) is 46.9 Å². The number of benzene rings is 1. The molecule has 1 N–H and O–H groups in total. The average Bonchev–Trinajstić information content (AvgIpc) is 3.36. The lowest BCUT2D eigenvalue weighted by Crippen LogP contribution is -2.38. The summed E-state index contributed by atoms with van der Waals surface area (Å²) in [7, 11) is 0. The van der Waals surface area contributed by atoms with Gasteiger partial charge in [0.2, 0.25) is 5.91 Å². The maximum atomic E-state index is 13.3. The van der Waals surface area contributed by atoms with Crippen LogP contribution in [0.4, 0.5) is 28.5 Å². The number of amides is 1. The van der Waals surface area contributed by atoms with E-state index in [4.69, 9.17) is 0 Å². The number of hydrogen-bond donors (Lipinski definition) is 1. The summed E-state index contributed by atoms with van der Waals surface area (Å²) in [6.07, 6.45) is -3.67. The summed E-state index contributed by atoms with van der Waals surface area (Å²) in [4.78, 5) is 18.7. The van der Waals surface area contributed by atoms with Gasteiger partial charge in [0.1, 0.15) is 11.6 Å². The summed E-state index contributed by atoms with van der Waals surface area (Å²) in [5.74, 6) is -1.69. The third-order valence-electron chi connectivity index (χ3n) is 5.27. The van der Waals surface area contributed by atoms with E-state index in [1.807, 2.05) is 4.90 Å². The molecule has 0 atom stereocenters. The van der Waals surface area contributed by atoms with Gasteiger partial charge in [-0.05, 0) is 37.1 Å². The van der Waals surface area contributed by atoms with Crippen LogP contribution in [-0.2, 0) is 11.0 Å². The Bertz CT molecular complexity index is 1310. The second-order valence-electron chi connectivity index (χ2n) is 7.36. The number of rotatable bonds is 3. The lowest BCUT2D eigenvalue weighted by atomic mass is 9.96. The van der Waals surface area contributed by atoms with Crippen LogP contribution in [0.25, 0.3) is 15.9 Å². The number of carbonyl (C=O) groups excluding carboxylic acids is 1. The van der Waals surface area contributed by atoms with Crippen LogP contribution < -0.4 is 10.2 Å². The van der Waals surface area contributed by atoms with Crippen LogP contribution in [-0.4, -0.2) is 43.8 Å². The van der Waals surface area contributed by atoms with Gasteiger partial charge >= 0.3 is 6.18 Å². The van der Waals surface area contributed by atoms with E-state index >= 15 is 0 Å². The Morgan fingerprint density at radius 2 is 1.91 bits per heavy atom. The van der Waals surface area contributed by atoms with Gasteiger partial charge in [0.15, 0.2) is 10.8 Å². The molecule has 166 valence electrons. The molecule has 8 nitrogen and oxygen atoms in total. The van der Waals surface area contributed by atoms with Gasteiger partial charge in [-0.15, -0.1) is 15.3 Å². The largest absolute Gasteiger partial charge is 0.453 e. The highest BCUT2D eigenvalue weighted by atomic mass is 32.1. The number of alkyl halides is 3. The van der Waals surface area contributed by atoms with E-state index in [2.05, 4.69) is 25.6 Å². The molecule has 1 fully saturated rings. The van der Waals surface area contributed by atoms with E-state index < -0.39 is 17.8 Å². The first-order valence-electron chi connectivity index (χ1n) is 9.69.